The summed E-state index contributed by atoms with van der Waals surface area (Å²) in [4.78, 5) is 65.3. The Labute approximate surface area is 219 Å². The first-order chi connectivity index (χ1) is 16.4. The maximum absolute atomic E-state index is 13.3. The smallest absolute Gasteiger partial charge is 0.244 e. The van der Waals surface area contributed by atoms with Crippen molar-refractivity contribution in [2.24, 2.45) is 17.8 Å². The van der Waals surface area contributed by atoms with Crippen LogP contribution in [-0.4, -0.2) is 71.3 Å². The molecule has 12 heteroatoms. The van der Waals surface area contributed by atoms with Gasteiger partial charge >= 0.3 is 0 Å². The van der Waals surface area contributed by atoms with E-state index in [1.54, 1.807) is 13.8 Å². The van der Waals surface area contributed by atoms with E-state index in [1.807, 2.05) is 27.7 Å². The van der Waals surface area contributed by atoms with Crippen molar-refractivity contribution in [3.63, 3.8) is 0 Å². The van der Waals surface area contributed by atoms with Crippen molar-refractivity contribution in [3.8, 4) is 0 Å². The molecule has 0 aromatic heterocycles. The van der Waals surface area contributed by atoms with Crippen LogP contribution in [0.4, 0.5) is 0 Å². The van der Waals surface area contributed by atoms with Crippen LogP contribution >= 0.6 is 25.3 Å². The van der Waals surface area contributed by atoms with E-state index < -0.39 is 59.7 Å². The van der Waals surface area contributed by atoms with E-state index in [-0.39, 0.29) is 29.3 Å². The van der Waals surface area contributed by atoms with Gasteiger partial charge in [0.05, 0.1) is 0 Å². The van der Waals surface area contributed by atoms with Gasteiger partial charge in [-0.15, -0.1) is 0 Å². The first-order valence-corrected chi connectivity index (χ1v) is 13.4. The molecule has 200 valence electrons. The summed E-state index contributed by atoms with van der Waals surface area (Å²) in [5.74, 6) is -3.30. The average Bonchev–Trinajstić information content (AvgIpc) is 2.79. The molecule has 0 spiro atoms. The molecule has 0 aromatic carbocycles. The topological polar surface area (TPSA) is 146 Å². The minimum absolute atomic E-state index is 0.0235. The summed E-state index contributed by atoms with van der Waals surface area (Å²) < 4.78 is 0. The molecule has 6 atom stereocenters. The van der Waals surface area contributed by atoms with Crippen LogP contribution in [0.1, 0.15) is 54.4 Å². The summed E-state index contributed by atoms with van der Waals surface area (Å²) in [5.41, 5.74) is 0. The Bertz CT molecular complexity index is 779. The Morgan fingerprint density at radius 1 is 0.629 bits per heavy atom. The van der Waals surface area contributed by atoms with Gasteiger partial charge in [-0.05, 0) is 24.2 Å². The van der Waals surface area contributed by atoms with Crippen molar-refractivity contribution >= 4 is 54.8 Å². The van der Waals surface area contributed by atoms with Gasteiger partial charge < -0.3 is 26.6 Å². The highest BCUT2D eigenvalue weighted by atomic mass is 32.1. The molecule has 0 aliphatic carbocycles. The van der Waals surface area contributed by atoms with E-state index in [1.165, 1.54) is 0 Å². The Balaban J connectivity index is 3.49. The van der Waals surface area contributed by atoms with Gasteiger partial charge in [0, 0.05) is 11.5 Å². The van der Waals surface area contributed by atoms with E-state index in [9.17, 15) is 24.0 Å². The first kappa shape index (κ1) is 31.1. The standard InChI is InChI=1S/C23H41N5O5S2/c1-7-13(6)18-23(33)26-15(9-34)20(30)25-16(10-35)21(31)27-17(12(4)5)22(32)24-14(8-11(2)3)19(29)28-18/h11-18,34-35H,7-10H2,1-6H3,(H,24,32)(H,25,30)(H,26,33)(H,27,31)(H,28,29)/t13-,14-,15-,16-,17-,18-/m0/s1. The van der Waals surface area contributed by atoms with E-state index in [4.69, 9.17) is 0 Å². The highest BCUT2D eigenvalue weighted by Gasteiger charge is 2.36. The van der Waals surface area contributed by atoms with E-state index in [0.29, 0.717) is 12.8 Å². The molecule has 1 heterocycles. The third-order valence-corrected chi connectivity index (χ3v) is 6.74. The van der Waals surface area contributed by atoms with Crippen LogP contribution in [-0.2, 0) is 24.0 Å². The Hall–Kier alpha value is -1.95. The summed E-state index contributed by atoms with van der Waals surface area (Å²) in [6.07, 6.45) is 0.927. The Morgan fingerprint density at radius 2 is 1.03 bits per heavy atom. The lowest BCUT2D eigenvalue weighted by Crippen LogP contribution is -2.59. The molecule has 5 N–H and O–H groups in total. The molecule has 1 saturated heterocycles. The lowest BCUT2D eigenvalue weighted by Gasteiger charge is -2.29. The number of carbonyl (C=O) groups is 5. The van der Waals surface area contributed by atoms with Crippen LogP contribution in [0.3, 0.4) is 0 Å². The summed E-state index contributed by atoms with van der Waals surface area (Å²) in [5, 5.41) is 13.4. The van der Waals surface area contributed by atoms with E-state index in [0.717, 1.165) is 0 Å². The highest BCUT2D eigenvalue weighted by molar-refractivity contribution is 7.80. The molecule has 1 rings (SSSR count). The molecule has 1 fully saturated rings. The first-order valence-electron chi connectivity index (χ1n) is 12.1. The fourth-order valence-electron chi connectivity index (χ4n) is 3.63. The molecule has 0 bridgehead atoms. The molecule has 35 heavy (non-hydrogen) atoms. The van der Waals surface area contributed by atoms with Crippen LogP contribution in [0, 0.1) is 17.8 Å². The lowest BCUT2D eigenvalue weighted by molar-refractivity contribution is -0.135. The maximum atomic E-state index is 13.3. The van der Waals surface area contributed by atoms with E-state index in [2.05, 4.69) is 51.8 Å². The monoisotopic (exact) mass is 531 g/mol. The van der Waals surface area contributed by atoms with Gasteiger partial charge in [-0.25, -0.2) is 0 Å². The van der Waals surface area contributed by atoms with Gasteiger partial charge in [0.2, 0.25) is 29.5 Å². The van der Waals surface area contributed by atoms with Gasteiger partial charge in [-0.2, -0.15) is 25.3 Å². The molecule has 0 radical (unpaired) electrons. The third-order valence-electron chi connectivity index (χ3n) is 6.01. The second kappa shape index (κ2) is 14.6. The number of thiol groups is 2. The lowest BCUT2D eigenvalue weighted by atomic mass is 9.96. The second-order valence-electron chi connectivity index (χ2n) is 9.78. The third kappa shape index (κ3) is 9.21. The van der Waals surface area contributed by atoms with Crippen LogP contribution in [0.15, 0.2) is 0 Å². The quantitative estimate of drug-likeness (QED) is 0.232. The van der Waals surface area contributed by atoms with Crippen LogP contribution in [0.25, 0.3) is 0 Å². The van der Waals surface area contributed by atoms with Crippen LogP contribution < -0.4 is 26.6 Å². The van der Waals surface area contributed by atoms with Crippen molar-refractivity contribution in [1.29, 1.82) is 0 Å². The zero-order valence-corrected chi connectivity index (χ0v) is 23.2. The molecular formula is C23H41N5O5S2. The van der Waals surface area contributed by atoms with Crippen molar-refractivity contribution in [1.82, 2.24) is 26.6 Å². The van der Waals surface area contributed by atoms with Gasteiger partial charge in [-0.1, -0.05) is 48.0 Å². The van der Waals surface area contributed by atoms with Crippen LogP contribution in [0.5, 0.6) is 0 Å². The summed E-state index contributed by atoms with van der Waals surface area (Å²) >= 11 is 8.36. The normalized spacial score (nSPS) is 28.3. The molecule has 1 aliphatic heterocycles. The van der Waals surface area contributed by atoms with E-state index >= 15 is 0 Å². The predicted octanol–water partition coefficient (Wildman–Crippen LogP) is 0.0318. The summed E-state index contributed by atoms with van der Waals surface area (Å²) in [6.45, 7) is 11.1. The molecule has 10 nitrogen and oxygen atoms in total. The molecule has 0 unspecified atom stereocenters. The van der Waals surface area contributed by atoms with Gasteiger partial charge in [-0.3, -0.25) is 24.0 Å². The highest BCUT2D eigenvalue weighted by Crippen LogP contribution is 2.13. The fraction of sp³-hybridized carbons (Fsp3) is 0.783. The molecule has 1 aliphatic rings. The molecular weight excluding hydrogens is 490 g/mol. The SMILES string of the molecule is CC[C@H](C)[C@@H]1NC(=O)[C@H](CC(C)C)NC(=O)[C@H](C(C)C)NC(=O)[C@H](CS)NC(=O)[C@H](CS)NC1=O. The number of hydrogen-bond donors (Lipinski definition) is 7. The minimum atomic E-state index is -1.04. The minimum Gasteiger partial charge on any atom is -0.343 e. The number of hydrogen-bond acceptors (Lipinski definition) is 7. The molecule has 5 amide bonds. The summed E-state index contributed by atoms with van der Waals surface area (Å²) in [7, 11) is 0. The number of carbonyl (C=O) groups excluding carboxylic acids is 5. The zero-order valence-electron chi connectivity index (χ0n) is 21.4. The average molecular weight is 532 g/mol. The maximum Gasteiger partial charge on any atom is 0.244 e. The second-order valence-corrected chi connectivity index (χ2v) is 10.5. The summed E-state index contributed by atoms with van der Waals surface area (Å²) in [6, 6.07) is -4.87. The Kier molecular flexibility index (Phi) is 12.9. The molecule has 0 saturated carbocycles. The fourth-order valence-corrected chi connectivity index (χ4v) is 4.15. The predicted molar refractivity (Wildman–Crippen MR) is 141 cm³/mol. The van der Waals surface area contributed by atoms with Crippen molar-refractivity contribution < 1.29 is 24.0 Å². The number of nitrogens with one attached hydrogen (secondary N) is 5. The van der Waals surface area contributed by atoms with Crippen molar-refractivity contribution in [2.75, 3.05) is 11.5 Å². The number of amides is 5. The molecule has 0 aromatic rings. The van der Waals surface area contributed by atoms with Crippen LogP contribution in [0.2, 0.25) is 0 Å². The van der Waals surface area contributed by atoms with Crippen molar-refractivity contribution in [2.45, 2.75) is 84.6 Å². The number of rotatable bonds is 7. The van der Waals surface area contributed by atoms with Gasteiger partial charge in [0.15, 0.2) is 0 Å². The largest absolute Gasteiger partial charge is 0.343 e. The van der Waals surface area contributed by atoms with Crippen molar-refractivity contribution in [3.05, 3.63) is 0 Å². The van der Waals surface area contributed by atoms with Gasteiger partial charge in [0.25, 0.3) is 0 Å². The van der Waals surface area contributed by atoms with Gasteiger partial charge in [0.1, 0.15) is 30.2 Å². The zero-order chi connectivity index (χ0) is 26.9. The Morgan fingerprint density at radius 3 is 1.49 bits per heavy atom.